The first-order valence-corrected chi connectivity index (χ1v) is 17.8. The van der Waals surface area contributed by atoms with Gasteiger partial charge in [-0.2, -0.15) is 0 Å². The van der Waals surface area contributed by atoms with Gasteiger partial charge in [-0.15, -0.1) is 39.5 Å². The Labute approximate surface area is 312 Å². The minimum Gasteiger partial charge on any atom is -0.449 e. The lowest BCUT2D eigenvalue weighted by Gasteiger charge is -2.46. The molecule has 0 aromatic rings. The Morgan fingerprint density at radius 3 is 1.27 bits per heavy atom. The number of nitrogens with one attached hydrogen (secondary N) is 2. The van der Waals surface area contributed by atoms with Gasteiger partial charge in [-0.3, -0.25) is 0 Å². The molecule has 0 heterocycles. The highest BCUT2D eigenvalue weighted by atomic mass is 16.6. The maximum atomic E-state index is 13.3. The van der Waals surface area contributed by atoms with Crippen LogP contribution in [0.2, 0.25) is 0 Å². The van der Waals surface area contributed by atoms with Crippen molar-refractivity contribution in [2.75, 3.05) is 99.0 Å². The highest BCUT2D eigenvalue weighted by molar-refractivity contribution is 5.68. The fraction of sp³-hybridized carbons (Fsp3) is 0.650. The summed E-state index contributed by atoms with van der Waals surface area (Å²) in [6.07, 6.45) is 11.0. The van der Waals surface area contributed by atoms with E-state index >= 15 is 0 Å². The Balaban J connectivity index is 2.94. The first kappa shape index (κ1) is 46.8. The summed E-state index contributed by atoms with van der Waals surface area (Å²) in [6, 6.07) is -0.196. The molecule has 52 heavy (non-hydrogen) atoms. The number of alkyl carbamates (subject to hydrolysis) is 2. The lowest BCUT2D eigenvalue weighted by molar-refractivity contribution is -0.0849. The molecule has 296 valence electrons. The smallest absolute Gasteiger partial charge is 0.407 e. The van der Waals surface area contributed by atoms with Gasteiger partial charge in [0, 0.05) is 12.6 Å². The van der Waals surface area contributed by atoms with Gasteiger partial charge in [-0.05, 0) is 30.1 Å². The minimum absolute atomic E-state index is 0.000129. The molecule has 12 nitrogen and oxygen atoms in total. The van der Waals surface area contributed by atoms with E-state index in [4.69, 9.17) is 37.9 Å². The predicted molar refractivity (Wildman–Crippen MR) is 204 cm³/mol. The molecule has 1 fully saturated rings. The maximum absolute atomic E-state index is 13.3. The number of carbonyl (C=O) groups excluding carboxylic acids is 2. The maximum Gasteiger partial charge on any atom is 0.407 e. The zero-order chi connectivity index (χ0) is 38.8. The van der Waals surface area contributed by atoms with Crippen LogP contribution in [0.4, 0.5) is 9.59 Å². The largest absolute Gasteiger partial charge is 0.449 e. The summed E-state index contributed by atoms with van der Waals surface area (Å²) >= 11 is 0. The molecule has 2 amide bonds. The number of hydrogen-bond donors (Lipinski definition) is 2. The van der Waals surface area contributed by atoms with Gasteiger partial charge in [0.15, 0.2) is 0 Å². The highest BCUT2D eigenvalue weighted by Crippen LogP contribution is 2.45. The topological polar surface area (TPSA) is 132 Å². The third-order valence-corrected chi connectivity index (χ3v) is 8.31. The van der Waals surface area contributed by atoms with Gasteiger partial charge < -0.3 is 48.5 Å². The fourth-order valence-corrected chi connectivity index (χ4v) is 6.51. The summed E-state index contributed by atoms with van der Waals surface area (Å²) in [7, 11) is 0. The molecule has 0 radical (unpaired) electrons. The average Bonchev–Trinajstić information content (AvgIpc) is 3.09. The van der Waals surface area contributed by atoms with Crippen molar-refractivity contribution in [3.05, 3.63) is 75.9 Å². The number of rotatable bonds is 31. The van der Waals surface area contributed by atoms with E-state index in [1.807, 2.05) is 0 Å². The van der Waals surface area contributed by atoms with E-state index in [-0.39, 0.29) is 69.7 Å². The summed E-state index contributed by atoms with van der Waals surface area (Å²) in [5.41, 5.74) is -1.99. The summed E-state index contributed by atoms with van der Waals surface area (Å²) < 4.78 is 46.2. The van der Waals surface area contributed by atoms with Gasteiger partial charge in [0.25, 0.3) is 0 Å². The van der Waals surface area contributed by atoms with Crippen LogP contribution in [-0.2, 0) is 37.9 Å². The normalized spacial score (nSPS) is 18.4. The Morgan fingerprint density at radius 1 is 0.577 bits per heavy atom. The Bertz CT molecular complexity index is 1040. The van der Waals surface area contributed by atoms with E-state index in [0.717, 1.165) is 12.8 Å². The third kappa shape index (κ3) is 19.5. The lowest BCUT2D eigenvalue weighted by Crippen LogP contribution is -2.51. The van der Waals surface area contributed by atoms with Gasteiger partial charge in [0.1, 0.15) is 13.2 Å². The van der Waals surface area contributed by atoms with E-state index in [2.05, 4.69) is 70.9 Å². The first-order chi connectivity index (χ1) is 24.9. The predicted octanol–water partition coefficient (Wildman–Crippen LogP) is 6.21. The molecule has 0 aromatic heterocycles. The second-order valence-electron chi connectivity index (χ2n) is 14.7. The first-order valence-electron chi connectivity index (χ1n) is 17.8. The molecule has 1 rings (SSSR count). The van der Waals surface area contributed by atoms with Crippen molar-refractivity contribution in [1.29, 1.82) is 0 Å². The molecular weight excluding hydrogens is 668 g/mol. The van der Waals surface area contributed by atoms with Crippen molar-refractivity contribution in [3.8, 4) is 0 Å². The van der Waals surface area contributed by atoms with Crippen molar-refractivity contribution in [2.45, 2.75) is 46.1 Å². The zero-order valence-electron chi connectivity index (χ0n) is 32.1. The molecule has 2 unspecified atom stereocenters. The second-order valence-corrected chi connectivity index (χ2v) is 14.7. The molecule has 2 N–H and O–H groups in total. The minimum atomic E-state index is -0.762. The number of carbonyl (C=O) groups is 2. The molecule has 0 aliphatic heterocycles. The van der Waals surface area contributed by atoms with E-state index < -0.39 is 23.0 Å². The van der Waals surface area contributed by atoms with Crippen molar-refractivity contribution in [3.63, 3.8) is 0 Å². The van der Waals surface area contributed by atoms with Gasteiger partial charge in [0.2, 0.25) is 0 Å². The van der Waals surface area contributed by atoms with Crippen LogP contribution in [0.25, 0.3) is 0 Å². The summed E-state index contributed by atoms with van der Waals surface area (Å²) in [4.78, 5) is 26.4. The molecule has 0 bridgehead atoms. The molecule has 2 atom stereocenters. The molecule has 1 saturated carbocycles. The van der Waals surface area contributed by atoms with Crippen molar-refractivity contribution < 1.29 is 47.5 Å². The Morgan fingerprint density at radius 2 is 0.923 bits per heavy atom. The van der Waals surface area contributed by atoms with Crippen molar-refractivity contribution >= 4 is 12.2 Å². The molecular formula is C40H66N2O10. The number of amides is 2. The number of ether oxygens (including phenoxy) is 8. The van der Waals surface area contributed by atoms with Crippen molar-refractivity contribution in [1.82, 2.24) is 10.6 Å². The number of hydrogen-bond acceptors (Lipinski definition) is 10. The van der Waals surface area contributed by atoms with Crippen molar-refractivity contribution in [2.24, 2.45) is 21.7 Å². The van der Waals surface area contributed by atoms with Gasteiger partial charge in [-0.25, -0.2) is 9.59 Å². The SMILES string of the molecule is C=CCOCC(COCC=C)(COCC=C)COC(=O)NCC1(C)CC(NC(=O)OCC(COCC=C)(COCC=C)COCC=C)CC(C)(C)C1. The fourth-order valence-electron chi connectivity index (χ4n) is 6.51. The van der Waals surface area contributed by atoms with Crippen LogP contribution in [0.15, 0.2) is 75.9 Å². The Kier molecular flexibility index (Phi) is 23.1. The molecule has 1 aliphatic carbocycles. The van der Waals surface area contributed by atoms with Gasteiger partial charge in [-0.1, -0.05) is 57.2 Å². The van der Waals surface area contributed by atoms with E-state index in [9.17, 15) is 9.59 Å². The quantitative estimate of drug-likeness (QED) is 0.0626. The van der Waals surface area contributed by atoms with Crippen LogP contribution in [-0.4, -0.2) is 117 Å². The van der Waals surface area contributed by atoms with E-state index in [1.54, 1.807) is 36.5 Å². The summed E-state index contributed by atoms with van der Waals surface area (Å²) in [6.45, 7) is 32.3. The monoisotopic (exact) mass is 734 g/mol. The second kappa shape index (κ2) is 25.7. The summed E-state index contributed by atoms with van der Waals surface area (Å²) in [5.74, 6) is 0. The highest BCUT2D eigenvalue weighted by Gasteiger charge is 2.43. The van der Waals surface area contributed by atoms with Gasteiger partial charge in [0.05, 0.1) is 90.1 Å². The summed E-state index contributed by atoms with van der Waals surface area (Å²) in [5, 5.41) is 6.03. The molecule has 0 saturated heterocycles. The van der Waals surface area contributed by atoms with Crippen LogP contribution in [0.5, 0.6) is 0 Å². The average molecular weight is 735 g/mol. The van der Waals surface area contributed by atoms with E-state index in [0.29, 0.717) is 52.6 Å². The lowest BCUT2D eigenvalue weighted by atomic mass is 9.62. The van der Waals surface area contributed by atoms with Crippen LogP contribution in [0.1, 0.15) is 40.0 Å². The van der Waals surface area contributed by atoms with Crippen LogP contribution in [0, 0.1) is 21.7 Å². The van der Waals surface area contributed by atoms with Gasteiger partial charge >= 0.3 is 12.2 Å². The van der Waals surface area contributed by atoms with Crippen LogP contribution < -0.4 is 10.6 Å². The molecule has 0 aromatic carbocycles. The Hall–Kier alpha value is -3.26. The van der Waals surface area contributed by atoms with Crippen LogP contribution >= 0.6 is 0 Å². The molecule has 1 aliphatic rings. The molecule has 12 heteroatoms. The standard InChI is InChI=1S/C40H66N2O10/c1-10-16-45-26-39(27-46-17-11-2,28-47-18-12-3)32-51-35(43)41-25-38(9)23-34(22-37(7,8)24-38)42-36(44)52-33-40(29-48-19-13-4,30-49-20-14-5)31-50-21-15-6/h10-15,34H,1-6,16-33H2,7-9H3,(H,41,43)(H,42,44). The third-order valence-electron chi connectivity index (χ3n) is 8.31. The molecule has 0 spiro atoms. The van der Waals surface area contributed by atoms with E-state index in [1.165, 1.54) is 0 Å². The zero-order valence-corrected chi connectivity index (χ0v) is 32.1. The van der Waals surface area contributed by atoms with Crippen LogP contribution in [0.3, 0.4) is 0 Å².